The molecule has 3 nitrogen and oxygen atoms in total. The molecule has 0 amide bonds. The Balaban J connectivity index is 0.000000686. The summed E-state index contributed by atoms with van der Waals surface area (Å²) in [7, 11) is 1.82. The van der Waals surface area contributed by atoms with E-state index >= 15 is 0 Å². The highest BCUT2D eigenvalue weighted by molar-refractivity contribution is 7.99. The Hall–Kier alpha value is -1.23. The van der Waals surface area contributed by atoms with Gasteiger partial charge in [-0.05, 0) is 18.6 Å². The molecule has 17 heavy (non-hydrogen) atoms. The summed E-state index contributed by atoms with van der Waals surface area (Å²) >= 11 is 1.40. The van der Waals surface area contributed by atoms with Crippen molar-refractivity contribution in [2.45, 2.75) is 20.8 Å². The van der Waals surface area contributed by atoms with Crippen LogP contribution in [0.3, 0.4) is 0 Å². The monoisotopic (exact) mass is 255 g/mol. The molecule has 0 atom stereocenters. The quantitative estimate of drug-likeness (QED) is 0.829. The van der Waals surface area contributed by atoms with E-state index in [1.165, 1.54) is 18.0 Å². The SMILES string of the molecule is CC.CSNc1nn(C)c2c(C)ccc(F)c12. The topological polar surface area (TPSA) is 29.9 Å². The summed E-state index contributed by atoms with van der Waals surface area (Å²) < 4.78 is 18.3. The molecule has 0 aliphatic heterocycles. The van der Waals surface area contributed by atoms with Gasteiger partial charge >= 0.3 is 0 Å². The molecule has 0 aliphatic rings. The summed E-state index contributed by atoms with van der Waals surface area (Å²) in [6.45, 7) is 5.95. The van der Waals surface area contributed by atoms with Crippen molar-refractivity contribution in [3.63, 3.8) is 0 Å². The molecule has 0 aliphatic carbocycles. The second kappa shape index (κ2) is 5.91. The number of benzene rings is 1. The summed E-state index contributed by atoms with van der Waals surface area (Å²) in [4.78, 5) is 0. The average Bonchev–Trinajstić information content (AvgIpc) is 2.66. The minimum Gasteiger partial charge on any atom is -0.313 e. The van der Waals surface area contributed by atoms with Gasteiger partial charge in [-0.15, -0.1) is 0 Å². The zero-order chi connectivity index (χ0) is 13.0. The lowest BCUT2D eigenvalue weighted by Crippen LogP contribution is -1.92. The fraction of sp³-hybridized carbons (Fsp3) is 0.417. The molecule has 1 N–H and O–H groups in total. The van der Waals surface area contributed by atoms with Gasteiger partial charge in [-0.3, -0.25) is 4.68 Å². The van der Waals surface area contributed by atoms with Crippen molar-refractivity contribution in [3.8, 4) is 0 Å². The fourth-order valence-corrected chi connectivity index (χ4v) is 2.07. The smallest absolute Gasteiger partial charge is 0.168 e. The molecule has 0 fully saturated rings. The van der Waals surface area contributed by atoms with Crippen molar-refractivity contribution in [1.29, 1.82) is 0 Å². The summed E-state index contributed by atoms with van der Waals surface area (Å²) in [6, 6.07) is 3.24. The number of aromatic nitrogens is 2. The molecule has 0 saturated carbocycles. The molecule has 0 saturated heterocycles. The first-order chi connectivity index (χ1) is 8.15. The third kappa shape index (κ3) is 2.54. The Bertz CT molecular complexity index is 508. The zero-order valence-electron chi connectivity index (χ0n) is 10.8. The molecular formula is C12H18FN3S. The van der Waals surface area contributed by atoms with Crippen LogP contribution in [0.15, 0.2) is 12.1 Å². The lowest BCUT2D eigenvalue weighted by Gasteiger charge is -2.00. The summed E-state index contributed by atoms with van der Waals surface area (Å²) in [6.07, 6.45) is 1.88. The lowest BCUT2D eigenvalue weighted by atomic mass is 10.1. The third-order valence-corrected chi connectivity index (χ3v) is 2.74. The molecule has 94 valence electrons. The average molecular weight is 255 g/mol. The Morgan fingerprint density at radius 3 is 2.59 bits per heavy atom. The summed E-state index contributed by atoms with van der Waals surface area (Å²) in [5.41, 5.74) is 1.86. The molecular weight excluding hydrogens is 237 g/mol. The van der Waals surface area contributed by atoms with E-state index in [1.807, 2.05) is 34.1 Å². The standard InChI is InChI=1S/C10H12FN3S.C2H6/c1-6-4-5-7(11)8-9(6)14(2)12-10(8)13-15-3;1-2/h4-5H,1-3H3,(H,12,13);1-2H3. The van der Waals surface area contributed by atoms with Crippen LogP contribution in [0, 0.1) is 12.7 Å². The summed E-state index contributed by atoms with van der Waals surface area (Å²) in [5.74, 6) is 0.349. The van der Waals surface area contributed by atoms with Crippen LogP contribution in [0.1, 0.15) is 19.4 Å². The predicted octanol–water partition coefficient (Wildman–Crippen LogP) is 3.74. The van der Waals surface area contributed by atoms with E-state index < -0.39 is 0 Å². The highest BCUT2D eigenvalue weighted by atomic mass is 32.2. The molecule has 5 heteroatoms. The highest BCUT2D eigenvalue weighted by Gasteiger charge is 2.14. The van der Waals surface area contributed by atoms with Gasteiger partial charge in [0.05, 0.1) is 10.9 Å². The van der Waals surface area contributed by atoms with Crippen LogP contribution < -0.4 is 4.72 Å². The van der Waals surface area contributed by atoms with E-state index in [2.05, 4.69) is 9.82 Å². The number of fused-ring (bicyclic) bond motifs is 1. The molecule has 2 rings (SSSR count). The van der Waals surface area contributed by atoms with E-state index in [9.17, 15) is 4.39 Å². The van der Waals surface area contributed by atoms with Gasteiger partial charge in [0.1, 0.15) is 5.82 Å². The van der Waals surface area contributed by atoms with Crippen molar-refractivity contribution < 1.29 is 4.39 Å². The van der Waals surface area contributed by atoms with E-state index in [1.54, 1.807) is 10.7 Å². The minimum atomic E-state index is -0.236. The van der Waals surface area contributed by atoms with Crippen molar-refractivity contribution >= 4 is 28.7 Å². The molecule has 0 spiro atoms. The van der Waals surface area contributed by atoms with Crippen LogP contribution in [-0.2, 0) is 7.05 Å². The Morgan fingerprint density at radius 1 is 1.35 bits per heavy atom. The van der Waals surface area contributed by atoms with Crippen LogP contribution >= 0.6 is 11.9 Å². The maximum Gasteiger partial charge on any atom is 0.168 e. The lowest BCUT2D eigenvalue weighted by molar-refractivity contribution is 0.640. The number of aryl methyl sites for hydroxylation is 2. The predicted molar refractivity (Wildman–Crippen MR) is 73.9 cm³/mol. The van der Waals surface area contributed by atoms with Gasteiger partial charge in [0.2, 0.25) is 0 Å². The van der Waals surface area contributed by atoms with Crippen molar-refractivity contribution in [2.75, 3.05) is 11.0 Å². The molecule has 1 heterocycles. The van der Waals surface area contributed by atoms with Crippen molar-refractivity contribution in [3.05, 3.63) is 23.5 Å². The van der Waals surface area contributed by atoms with Crippen molar-refractivity contribution in [2.24, 2.45) is 7.05 Å². The van der Waals surface area contributed by atoms with E-state index in [4.69, 9.17) is 0 Å². The first-order valence-corrected chi connectivity index (χ1v) is 6.78. The van der Waals surface area contributed by atoms with Crippen LogP contribution in [0.2, 0.25) is 0 Å². The van der Waals surface area contributed by atoms with Gasteiger partial charge in [-0.25, -0.2) is 4.39 Å². The molecule has 1 aromatic heterocycles. The number of nitrogens with one attached hydrogen (secondary N) is 1. The van der Waals surface area contributed by atoms with Gasteiger partial charge in [0.25, 0.3) is 0 Å². The number of anilines is 1. The number of halogens is 1. The van der Waals surface area contributed by atoms with E-state index in [-0.39, 0.29) is 5.82 Å². The third-order valence-electron chi connectivity index (χ3n) is 2.34. The first kappa shape index (κ1) is 13.8. The van der Waals surface area contributed by atoms with Crippen LogP contribution in [0.4, 0.5) is 10.2 Å². The van der Waals surface area contributed by atoms with E-state index in [0.29, 0.717) is 11.2 Å². The number of rotatable bonds is 2. The molecule has 2 aromatic rings. The van der Waals surface area contributed by atoms with Crippen LogP contribution in [0.25, 0.3) is 10.9 Å². The zero-order valence-corrected chi connectivity index (χ0v) is 11.7. The van der Waals surface area contributed by atoms with Crippen LogP contribution in [-0.4, -0.2) is 16.0 Å². The van der Waals surface area contributed by atoms with Gasteiger partial charge < -0.3 is 4.72 Å². The Morgan fingerprint density at radius 2 is 2.00 bits per heavy atom. The normalized spacial score (nSPS) is 10.0. The second-order valence-electron chi connectivity index (χ2n) is 3.37. The second-order valence-corrected chi connectivity index (χ2v) is 3.98. The number of nitrogens with zero attached hydrogens (tertiary/aromatic N) is 2. The summed E-state index contributed by atoms with van der Waals surface area (Å²) in [5, 5.41) is 4.81. The molecule has 0 bridgehead atoms. The van der Waals surface area contributed by atoms with Crippen LogP contribution in [0.5, 0.6) is 0 Å². The van der Waals surface area contributed by atoms with Gasteiger partial charge in [-0.1, -0.05) is 31.9 Å². The molecule has 0 unspecified atom stereocenters. The number of hydrogen-bond donors (Lipinski definition) is 1. The Labute approximate surface area is 106 Å². The molecule has 0 radical (unpaired) electrons. The largest absolute Gasteiger partial charge is 0.313 e. The fourth-order valence-electron chi connectivity index (χ4n) is 1.73. The van der Waals surface area contributed by atoms with Gasteiger partial charge in [-0.2, -0.15) is 5.10 Å². The van der Waals surface area contributed by atoms with Crippen molar-refractivity contribution in [1.82, 2.24) is 9.78 Å². The maximum absolute atomic E-state index is 13.7. The van der Waals surface area contributed by atoms with E-state index in [0.717, 1.165) is 11.1 Å². The highest BCUT2D eigenvalue weighted by Crippen LogP contribution is 2.28. The Kier molecular flexibility index (Phi) is 4.81. The first-order valence-electron chi connectivity index (χ1n) is 5.56. The van der Waals surface area contributed by atoms with Gasteiger partial charge in [0.15, 0.2) is 5.82 Å². The van der Waals surface area contributed by atoms with Gasteiger partial charge in [0, 0.05) is 13.3 Å². The number of hydrogen-bond acceptors (Lipinski definition) is 3. The molecule has 1 aromatic carbocycles. The maximum atomic E-state index is 13.7. The minimum absolute atomic E-state index is 0.236.